The fourth-order valence-corrected chi connectivity index (χ4v) is 1.40. The van der Waals surface area contributed by atoms with E-state index in [1.165, 1.54) is 11.0 Å². The van der Waals surface area contributed by atoms with E-state index in [1.807, 2.05) is 13.0 Å². The van der Waals surface area contributed by atoms with Crippen molar-refractivity contribution in [2.24, 2.45) is 0 Å². The Labute approximate surface area is 106 Å². The minimum absolute atomic E-state index is 0.0682. The quantitative estimate of drug-likeness (QED) is 0.784. The van der Waals surface area contributed by atoms with E-state index in [0.717, 1.165) is 5.76 Å². The second-order valence-electron chi connectivity index (χ2n) is 4.04. The SMILES string of the molecule is Cc1ccc(/C=C/C(=O)N(C)CCCC(=O)O)o1. The molecule has 0 saturated carbocycles. The van der Waals surface area contributed by atoms with Crippen molar-refractivity contribution in [3.63, 3.8) is 0 Å². The second kappa shape index (κ2) is 6.64. The molecular formula is C13H17NO4. The van der Waals surface area contributed by atoms with Crippen LogP contribution in [0, 0.1) is 6.92 Å². The molecule has 5 nitrogen and oxygen atoms in total. The first-order valence-electron chi connectivity index (χ1n) is 5.70. The van der Waals surface area contributed by atoms with E-state index in [-0.39, 0.29) is 12.3 Å². The van der Waals surface area contributed by atoms with Gasteiger partial charge in [-0.3, -0.25) is 9.59 Å². The summed E-state index contributed by atoms with van der Waals surface area (Å²) < 4.78 is 5.29. The normalized spacial score (nSPS) is 10.8. The van der Waals surface area contributed by atoms with Crippen LogP contribution in [0.3, 0.4) is 0 Å². The lowest BCUT2D eigenvalue weighted by molar-refractivity contribution is -0.137. The third-order valence-electron chi connectivity index (χ3n) is 2.41. The highest BCUT2D eigenvalue weighted by Gasteiger charge is 2.06. The van der Waals surface area contributed by atoms with Gasteiger partial charge >= 0.3 is 5.97 Å². The Morgan fingerprint density at radius 1 is 1.44 bits per heavy atom. The minimum Gasteiger partial charge on any atom is -0.481 e. The van der Waals surface area contributed by atoms with Gasteiger partial charge in [0.1, 0.15) is 11.5 Å². The van der Waals surface area contributed by atoms with Gasteiger partial charge in [0.2, 0.25) is 5.91 Å². The lowest BCUT2D eigenvalue weighted by Crippen LogP contribution is -2.26. The lowest BCUT2D eigenvalue weighted by Gasteiger charge is -2.13. The number of aryl methyl sites for hydroxylation is 1. The number of rotatable bonds is 6. The zero-order valence-electron chi connectivity index (χ0n) is 10.5. The van der Waals surface area contributed by atoms with Crippen molar-refractivity contribution in [1.29, 1.82) is 0 Å². The van der Waals surface area contributed by atoms with Crippen LogP contribution in [-0.2, 0) is 9.59 Å². The Morgan fingerprint density at radius 3 is 2.72 bits per heavy atom. The highest BCUT2D eigenvalue weighted by atomic mass is 16.4. The molecule has 1 heterocycles. The third kappa shape index (κ3) is 4.86. The molecule has 0 fully saturated rings. The van der Waals surface area contributed by atoms with E-state index in [2.05, 4.69) is 0 Å². The molecule has 98 valence electrons. The molecule has 0 aliphatic heterocycles. The summed E-state index contributed by atoms with van der Waals surface area (Å²) in [5.74, 6) is 0.392. The molecule has 0 aliphatic rings. The maximum Gasteiger partial charge on any atom is 0.303 e. The van der Waals surface area contributed by atoms with E-state index in [0.29, 0.717) is 18.7 Å². The van der Waals surface area contributed by atoms with Gasteiger partial charge in [-0.1, -0.05) is 0 Å². The fourth-order valence-electron chi connectivity index (χ4n) is 1.40. The van der Waals surface area contributed by atoms with E-state index < -0.39 is 5.97 Å². The number of aliphatic carboxylic acids is 1. The second-order valence-corrected chi connectivity index (χ2v) is 4.04. The summed E-state index contributed by atoms with van der Waals surface area (Å²) in [6, 6.07) is 3.60. The number of furan rings is 1. The molecule has 1 N–H and O–H groups in total. The summed E-state index contributed by atoms with van der Waals surface area (Å²) in [4.78, 5) is 23.5. The van der Waals surface area contributed by atoms with Gasteiger partial charge in [-0.15, -0.1) is 0 Å². The molecule has 0 saturated heterocycles. The standard InChI is InChI=1S/C13H17NO4/c1-10-5-6-11(18-10)7-8-12(15)14(2)9-3-4-13(16)17/h5-8H,3-4,9H2,1-2H3,(H,16,17)/b8-7+. The van der Waals surface area contributed by atoms with E-state index in [4.69, 9.17) is 9.52 Å². The molecule has 1 amide bonds. The monoisotopic (exact) mass is 251 g/mol. The predicted octanol–water partition coefficient (Wildman–Crippen LogP) is 1.92. The lowest BCUT2D eigenvalue weighted by atomic mass is 10.3. The van der Waals surface area contributed by atoms with Crippen LogP contribution in [0.4, 0.5) is 0 Å². The molecule has 0 unspecified atom stereocenters. The zero-order chi connectivity index (χ0) is 13.5. The number of carboxylic acid groups (broad SMARTS) is 1. The van der Waals surface area contributed by atoms with Crippen molar-refractivity contribution in [2.45, 2.75) is 19.8 Å². The Bertz CT molecular complexity index is 448. The van der Waals surface area contributed by atoms with Crippen LogP contribution >= 0.6 is 0 Å². The molecule has 1 aromatic rings. The van der Waals surface area contributed by atoms with E-state index in [1.54, 1.807) is 19.2 Å². The molecule has 0 radical (unpaired) electrons. The van der Waals surface area contributed by atoms with Crippen molar-refractivity contribution >= 4 is 18.0 Å². The average Bonchev–Trinajstić information content (AvgIpc) is 2.71. The van der Waals surface area contributed by atoms with E-state index >= 15 is 0 Å². The summed E-state index contributed by atoms with van der Waals surface area (Å²) in [6.07, 6.45) is 3.53. The Kier molecular flexibility index (Phi) is 5.17. The van der Waals surface area contributed by atoms with Crippen molar-refractivity contribution in [1.82, 2.24) is 4.90 Å². The number of carbonyl (C=O) groups is 2. The van der Waals surface area contributed by atoms with Gasteiger partial charge in [0, 0.05) is 26.1 Å². The molecule has 5 heteroatoms. The van der Waals surface area contributed by atoms with Crippen LogP contribution in [0.15, 0.2) is 22.6 Å². The van der Waals surface area contributed by atoms with Crippen molar-refractivity contribution in [3.05, 3.63) is 29.7 Å². The first kappa shape index (κ1) is 14.0. The summed E-state index contributed by atoms with van der Waals surface area (Å²) in [5, 5.41) is 8.49. The summed E-state index contributed by atoms with van der Waals surface area (Å²) in [7, 11) is 1.64. The molecule has 0 atom stereocenters. The fraction of sp³-hybridized carbons (Fsp3) is 0.385. The average molecular weight is 251 g/mol. The van der Waals surface area contributed by atoms with Crippen LogP contribution in [0.25, 0.3) is 6.08 Å². The molecule has 18 heavy (non-hydrogen) atoms. The zero-order valence-corrected chi connectivity index (χ0v) is 10.5. The highest BCUT2D eigenvalue weighted by Crippen LogP contribution is 2.08. The topological polar surface area (TPSA) is 70.8 Å². The number of carbonyl (C=O) groups excluding carboxylic acids is 1. The molecule has 1 rings (SSSR count). The molecular weight excluding hydrogens is 234 g/mol. The van der Waals surface area contributed by atoms with Crippen LogP contribution < -0.4 is 0 Å². The van der Waals surface area contributed by atoms with Gasteiger partial charge in [-0.2, -0.15) is 0 Å². The van der Waals surface area contributed by atoms with Gasteiger partial charge < -0.3 is 14.4 Å². The number of hydrogen-bond acceptors (Lipinski definition) is 3. The molecule has 0 spiro atoms. The van der Waals surface area contributed by atoms with Gasteiger partial charge in [0.15, 0.2) is 0 Å². The molecule has 0 aromatic carbocycles. The number of likely N-dealkylation sites (N-methyl/N-ethyl adjacent to an activating group) is 1. The molecule has 0 bridgehead atoms. The number of nitrogens with zero attached hydrogens (tertiary/aromatic N) is 1. The maximum atomic E-state index is 11.6. The van der Waals surface area contributed by atoms with Crippen LogP contribution in [-0.4, -0.2) is 35.5 Å². The number of hydrogen-bond donors (Lipinski definition) is 1. The van der Waals surface area contributed by atoms with Crippen molar-refractivity contribution in [3.8, 4) is 0 Å². The summed E-state index contributed by atoms with van der Waals surface area (Å²) >= 11 is 0. The van der Waals surface area contributed by atoms with Gasteiger partial charge in [-0.05, 0) is 31.6 Å². The van der Waals surface area contributed by atoms with Gasteiger partial charge in [-0.25, -0.2) is 0 Å². The first-order chi connectivity index (χ1) is 8.49. The van der Waals surface area contributed by atoms with Gasteiger partial charge in [0.05, 0.1) is 0 Å². The summed E-state index contributed by atoms with van der Waals surface area (Å²) in [5.41, 5.74) is 0. The minimum atomic E-state index is -0.850. The number of carboxylic acids is 1. The third-order valence-corrected chi connectivity index (χ3v) is 2.41. The first-order valence-corrected chi connectivity index (χ1v) is 5.70. The Balaban J connectivity index is 2.39. The number of amides is 1. The van der Waals surface area contributed by atoms with Crippen LogP contribution in [0.1, 0.15) is 24.4 Å². The Hall–Kier alpha value is -2.04. The van der Waals surface area contributed by atoms with Gasteiger partial charge in [0.25, 0.3) is 0 Å². The maximum absolute atomic E-state index is 11.6. The molecule has 1 aromatic heterocycles. The van der Waals surface area contributed by atoms with Crippen LogP contribution in [0.2, 0.25) is 0 Å². The summed E-state index contributed by atoms with van der Waals surface area (Å²) in [6.45, 7) is 2.25. The Morgan fingerprint density at radius 2 is 2.17 bits per heavy atom. The smallest absolute Gasteiger partial charge is 0.303 e. The highest BCUT2D eigenvalue weighted by molar-refractivity contribution is 5.91. The van der Waals surface area contributed by atoms with Crippen molar-refractivity contribution < 1.29 is 19.1 Å². The molecule has 0 aliphatic carbocycles. The van der Waals surface area contributed by atoms with E-state index in [9.17, 15) is 9.59 Å². The van der Waals surface area contributed by atoms with Crippen LogP contribution in [0.5, 0.6) is 0 Å². The predicted molar refractivity (Wildman–Crippen MR) is 67.0 cm³/mol. The van der Waals surface area contributed by atoms with Crippen molar-refractivity contribution in [2.75, 3.05) is 13.6 Å². The largest absolute Gasteiger partial charge is 0.481 e.